The van der Waals surface area contributed by atoms with Crippen molar-refractivity contribution in [3.8, 4) is 0 Å². The van der Waals surface area contributed by atoms with E-state index < -0.39 is 0 Å². The highest BCUT2D eigenvalue weighted by Gasteiger charge is 2.10. The van der Waals surface area contributed by atoms with E-state index in [0.29, 0.717) is 17.9 Å². The number of ether oxygens (including phenoxy) is 1. The number of benzene rings is 1. The Labute approximate surface area is 95.8 Å². The van der Waals surface area contributed by atoms with E-state index in [1.165, 1.54) is 0 Å². The normalized spacial score (nSPS) is 14.9. The van der Waals surface area contributed by atoms with Crippen LogP contribution in [0.4, 0.5) is 0 Å². The van der Waals surface area contributed by atoms with Crippen molar-refractivity contribution < 1.29 is 9.84 Å². The number of methoxy groups -OCH3 is 1. The Kier molecular flexibility index (Phi) is 5.09. The summed E-state index contributed by atoms with van der Waals surface area (Å²) >= 11 is 5.85. The fourth-order valence-corrected chi connectivity index (χ4v) is 1.71. The Morgan fingerprint density at radius 2 is 2.20 bits per heavy atom. The van der Waals surface area contributed by atoms with Crippen LogP contribution < -0.4 is 0 Å². The summed E-state index contributed by atoms with van der Waals surface area (Å²) in [6.07, 6.45) is 0.967. The summed E-state index contributed by atoms with van der Waals surface area (Å²) < 4.78 is 5.10. The third-order valence-electron chi connectivity index (χ3n) is 2.37. The van der Waals surface area contributed by atoms with Gasteiger partial charge < -0.3 is 9.84 Å². The second-order valence-electron chi connectivity index (χ2n) is 3.77. The molecule has 2 unspecified atom stereocenters. The van der Waals surface area contributed by atoms with Gasteiger partial charge in [-0.25, -0.2) is 0 Å². The molecular weight excluding hydrogens is 212 g/mol. The largest absolute Gasteiger partial charge is 0.393 e. The van der Waals surface area contributed by atoms with Crippen LogP contribution in [-0.2, 0) is 11.2 Å². The molecule has 3 heteroatoms. The second kappa shape index (κ2) is 6.11. The summed E-state index contributed by atoms with van der Waals surface area (Å²) in [6, 6.07) is 7.56. The number of aliphatic hydroxyl groups is 1. The lowest BCUT2D eigenvalue weighted by Gasteiger charge is -2.15. The third-order valence-corrected chi connectivity index (χ3v) is 2.60. The standard InChI is InChI=1S/C12H17ClO2/c1-9(15-2)6-12(14)8-10-4-3-5-11(13)7-10/h3-5,7,9,12,14H,6,8H2,1-2H3. The molecule has 84 valence electrons. The van der Waals surface area contributed by atoms with Crippen molar-refractivity contribution in [1.82, 2.24) is 0 Å². The number of aliphatic hydroxyl groups excluding tert-OH is 1. The van der Waals surface area contributed by atoms with Crippen molar-refractivity contribution in [1.29, 1.82) is 0 Å². The van der Waals surface area contributed by atoms with Crippen molar-refractivity contribution in [2.75, 3.05) is 7.11 Å². The van der Waals surface area contributed by atoms with Crippen LogP contribution in [0.1, 0.15) is 18.9 Å². The van der Waals surface area contributed by atoms with E-state index in [4.69, 9.17) is 16.3 Å². The van der Waals surface area contributed by atoms with Crippen molar-refractivity contribution in [2.45, 2.75) is 32.0 Å². The number of hydrogen-bond acceptors (Lipinski definition) is 2. The Morgan fingerprint density at radius 3 is 2.80 bits per heavy atom. The van der Waals surface area contributed by atoms with Crippen LogP contribution >= 0.6 is 11.6 Å². The maximum Gasteiger partial charge on any atom is 0.0605 e. The topological polar surface area (TPSA) is 29.5 Å². The van der Waals surface area contributed by atoms with E-state index in [2.05, 4.69) is 0 Å². The zero-order valence-electron chi connectivity index (χ0n) is 9.11. The van der Waals surface area contributed by atoms with E-state index in [1.807, 2.05) is 31.2 Å². The van der Waals surface area contributed by atoms with Gasteiger partial charge in [0.05, 0.1) is 12.2 Å². The highest BCUT2D eigenvalue weighted by molar-refractivity contribution is 6.30. The van der Waals surface area contributed by atoms with Gasteiger partial charge in [-0.05, 0) is 37.5 Å². The van der Waals surface area contributed by atoms with Gasteiger partial charge in [-0.1, -0.05) is 23.7 Å². The second-order valence-corrected chi connectivity index (χ2v) is 4.21. The quantitative estimate of drug-likeness (QED) is 0.840. The van der Waals surface area contributed by atoms with E-state index in [1.54, 1.807) is 7.11 Å². The van der Waals surface area contributed by atoms with Crippen LogP contribution in [0.5, 0.6) is 0 Å². The molecule has 0 radical (unpaired) electrons. The summed E-state index contributed by atoms with van der Waals surface area (Å²) in [7, 11) is 1.65. The van der Waals surface area contributed by atoms with Gasteiger partial charge in [0.2, 0.25) is 0 Å². The van der Waals surface area contributed by atoms with Gasteiger partial charge in [0.25, 0.3) is 0 Å². The van der Waals surface area contributed by atoms with Crippen LogP contribution in [0.15, 0.2) is 24.3 Å². The van der Waals surface area contributed by atoms with Gasteiger partial charge in [-0.3, -0.25) is 0 Å². The lowest BCUT2D eigenvalue weighted by Crippen LogP contribution is -2.18. The minimum absolute atomic E-state index is 0.0826. The zero-order valence-corrected chi connectivity index (χ0v) is 9.87. The van der Waals surface area contributed by atoms with Gasteiger partial charge in [-0.15, -0.1) is 0 Å². The fraction of sp³-hybridized carbons (Fsp3) is 0.500. The summed E-state index contributed by atoms with van der Waals surface area (Å²) in [6.45, 7) is 1.95. The molecule has 1 N–H and O–H groups in total. The van der Waals surface area contributed by atoms with E-state index >= 15 is 0 Å². The molecule has 0 bridgehead atoms. The molecule has 0 spiro atoms. The SMILES string of the molecule is COC(C)CC(O)Cc1cccc(Cl)c1. The van der Waals surface area contributed by atoms with E-state index in [0.717, 1.165) is 5.56 Å². The number of hydrogen-bond donors (Lipinski definition) is 1. The highest BCUT2D eigenvalue weighted by atomic mass is 35.5. The van der Waals surface area contributed by atoms with E-state index in [9.17, 15) is 5.11 Å². The minimum atomic E-state index is -0.376. The summed E-state index contributed by atoms with van der Waals surface area (Å²) in [4.78, 5) is 0. The molecule has 0 fully saturated rings. The van der Waals surface area contributed by atoms with Gasteiger partial charge in [0, 0.05) is 12.1 Å². The molecule has 0 aliphatic rings. The van der Waals surface area contributed by atoms with Crippen LogP contribution in [0.2, 0.25) is 5.02 Å². The monoisotopic (exact) mass is 228 g/mol. The predicted octanol–water partition coefficient (Wildman–Crippen LogP) is 2.67. The summed E-state index contributed by atoms with van der Waals surface area (Å²) in [5.74, 6) is 0. The molecule has 0 amide bonds. The Bertz CT molecular complexity index is 301. The lowest BCUT2D eigenvalue weighted by atomic mass is 10.0. The Hall–Kier alpha value is -0.570. The van der Waals surface area contributed by atoms with Gasteiger partial charge >= 0.3 is 0 Å². The molecule has 0 heterocycles. The van der Waals surface area contributed by atoms with Gasteiger partial charge in [0.1, 0.15) is 0 Å². The van der Waals surface area contributed by atoms with Crippen molar-refractivity contribution >= 4 is 11.6 Å². The molecule has 0 aliphatic carbocycles. The molecule has 0 aromatic heterocycles. The fourth-order valence-electron chi connectivity index (χ4n) is 1.50. The minimum Gasteiger partial charge on any atom is -0.393 e. The smallest absolute Gasteiger partial charge is 0.0605 e. The van der Waals surface area contributed by atoms with Crippen molar-refractivity contribution in [3.05, 3.63) is 34.9 Å². The third kappa shape index (κ3) is 4.65. The van der Waals surface area contributed by atoms with Crippen molar-refractivity contribution in [3.63, 3.8) is 0 Å². The van der Waals surface area contributed by atoms with Crippen LogP contribution in [0.25, 0.3) is 0 Å². The first-order valence-electron chi connectivity index (χ1n) is 5.07. The highest BCUT2D eigenvalue weighted by Crippen LogP contribution is 2.14. The Morgan fingerprint density at radius 1 is 1.47 bits per heavy atom. The van der Waals surface area contributed by atoms with Crippen LogP contribution in [0, 0.1) is 0 Å². The first-order chi connectivity index (χ1) is 7.11. The molecule has 1 aromatic carbocycles. The molecule has 2 atom stereocenters. The first kappa shape index (κ1) is 12.5. The molecule has 1 rings (SSSR count). The van der Waals surface area contributed by atoms with Crippen molar-refractivity contribution in [2.24, 2.45) is 0 Å². The predicted molar refractivity (Wildman–Crippen MR) is 62.3 cm³/mol. The number of rotatable bonds is 5. The average molecular weight is 229 g/mol. The zero-order chi connectivity index (χ0) is 11.3. The summed E-state index contributed by atoms with van der Waals surface area (Å²) in [5.41, 5.74) is 1.05. The maximum absolute atomic E-state index is 9.77. The van der Waals surface area contributed by atoms with E-state index in [-0.39, 0.29) is 12.2 Å². The average Bonchev–Trinajstić information content (AvgIpc) is 2.17. The Balaban J connectivity index is 2.47. The molecule has 0 aliphatic heterocycles. The molecule has 15 heavy (non-hydrogen) atoms. The maximum atomic E-state index is 9.77. The molecule has 2 nitrogen and oxygen atoms in total. The molecule has 1 aromatic rings. The van der Waals surface area contributed by atoms with Gasteiger partial charge in [-0.2, -0.15) is 0 Å². The van der Waals surface area contributed by atoms with Gasteiger partial charge in [0.15, 0.2) is 0 Å². The summed E-state index contributed by atoms with van der Waals surface area (Å²) in [5, 5.41) is 10.5. The molecular formula is C12H17ClO2. The lowest BCUT2D eigenvalue weighted by molar-refractivity contribution is 0.0565. The molecule has 0 saturated carbocycles. The molecule has 0 saturated heterocycles. The number of halogens is 1. The van der Waals surface area contributed by atoms with Crippen LogP contribution in [0.3, 0.4) is 0 Å². The first-order valence-corrected chi connectivity index (χ1v) is 5.45. The van der Waals surface area contributed by atoms with Crippen LogP contribution in [-0.4, -0.2) is 24.4 Å².